The molecule has 0 saturated carbocycles. The van der Waals surface area contributed by atoms with Crippen molar-refractivity contribution >= 4 is 11.6 Å². The largest absolute Gasteiger partial charge is 0.392 e. The average Bonchev–Trinajstić information content (AvgIpc) is 1.65. The van der Waals surface area contributed by atoms with Crippen LogP contribution in [-0.2, 0) is 4.74 Å². The van der Waals surface area contributed by atoms with E-state index in [-0.39, 0.29) is 6.61 Å². The van der Waals surface area contributed by atoms with E-state index in [9.17, 15) is 0 Å². The van der Waals surface area contributed by atoms with Gasteiger partial charge in [0.1, 0.15) is 0 Å². The molecule has 0 aromatic carbocycles. The van der Waals surface area contributed by atoms with Gasteiger partial charge < -0.3 is 9.84 Å². The fraction of sp³-hybridized carbons (Fsp3) is 1.00. The van der Waals surface area contributed by atoms with Crippen LogP contribution in [0, 0.1) is 0 Å². The number of ether oxygens (including phenoxy) is 1. The van der Waals surface area contributed by atoms with Crippen LogP contribution < -0.4 is 0 Å². The van der Waals surface area contributed by atoms with Crippen LogP contribution in [-0.4, -0.2) is 24.4 Å². The maximum atomic E-state index is 8.08. The predicted molar refractivity (Wildman–Crippen MR) is 23.7 cm³/mol. The van der Waals surface area contributed by atoms with Crippen LogP contribution in [0.1, 0.15) is 0 Å². The van der Waals surface area contributed by atoms with E-state index in [4.69, 9.17) is 16.7 Å². The van der Waals surface area contributed by atoms with E-state index in [2.05, 4.69) is 4.74 Å². The van der Waals surface area contributed by atoms with E-state index in [1.807, 2.05) is 0 Å². The minimum absolute atomic E-state index is 0.127. The fourth-order valence-electron chi connectivity index (χ4n) is 0.0745. The maximum Gasteiger partial charge on any atom is 0.153 e. The Labute approximate surface area is 41.7 Å². The number of alkyl halides is 1. The first-order chi connectivity index (χ1) is 2.81. The molecule has 0 fully saturated rings. The van der Waals surface area contributed by atoms with Crippen molar-refractivity contribution in [1.29, 1.82) is 0 Å². The average molecular weight is 111 g/mol. The third-order valence-electron chi connectivity index (χ3n) is 0.399. The topological polar surface area (TPSA) is 29.5 Å². The standard InChI is InChI=1S/C3H7ClO2/c1-6-3(4)2-5/h3,5H,2H2,1H3. The Kier molecular flexibility index (Phi) is 3.52. The third-order valence-corrected chi connectivity index (χ3v) is 0.715. The van der Waals surface area contributed by atoms with Gasteiger partial charge in [-0.3, -0.25) is 0 Å². The Bertz CT molecular complexity index is 28.0. The van der Waals surface area contributed by atoms with E-state index in [1.165, 1.54) is 7.11 Å². The molecular formula is C3H7ClO2. The summed E-state index contributed by atoms with van der Waals surface area (Å²) in [5, 5.41) is 8.08. The van der Waals surface area contributed by atoms with E-state index in [0.29, 0.717) is 0 Å². The van der Waals surface area contributed by atoms with E-state index >= 15 is 0 Å². The first-order valence-electron chi connectivity index (χ1n) is 1.59. The second-order valence-corrected chi connectivity index (χ2v) is 1.32. The van der Waals surface area contributed by atoms with Crippen molar-refractivity contribution in [2.75, 3.05) is 13.7 Å². The number of halogens is 1. The molecule has 0 spiro atoms. The van der Waals surface area contributed by atoms with Crippen molar-refractivity contribution in [3.05, 3.63) is 0 Å². The molecule has 1 unspecified atom stereocenters. The van der Waals surface area contributed by atoms with Crippen LogP contribution in [0.25, 0.3) is 0 Å². The summed E-state index contributed by atoms with van der Waals surface area (Å²) in [5.41, 5.74) is -0.537. The van der Waals surface area contributed by atoms with Crippen molar-refractivity contribution < 1.29 is 9.84 Å². The molecule has 2 nitrogen and oxygen atoms in total. The zero-order chi connectivity index (χ0) is 4.99. The Morgan fingerprint density at radius 3 is 2.50 bits per heavy atom. The predicted octanol–water partition coefficient (Wildman–Crippen LogP) is 0.190. The lowest BCUT2D eigenvalue weighted by atomic mass is 10.8. The van der Waals surface area contributed by atoms with E-state index in [0.717, 1.165) is 0 Å². The minimum atomic E-state index is -0.537. The molecule has 0 saturated heterocycles. The number of methoxy groups -OCH3 is 1. The van der Waals surface area contributed by atoms with E-state index in [1.54, 1.807) is 0 Å². The van der Waals surface area contributed by atoms with Crippen LogP contribution >= 0.6 is 11.6 Å². The lowest BCUT2D eigenvalue weighted by molar-refractivity contribution is 0.105. The summed E-state index contributed by atoms with van der Waals surface area (Å²) in [4.78, 5) is 0. The maximum absolute atomic E-state index is 8.08. The summed E-state index contributed by atoms with van der Waals surface area (Å²) in [6, 6.07) is 0. The monoisotopic (exact) mass is 110 g/mol. The highest BCUT2D eigenvalue weighted by molar-refractivity contribution is 6.19. The second kappa shape index (κ2) is 3.40. The highest BCUT2D eigenvalue weighted by Gasteiger charge is 1.93. The normalized spacial score (nSPS) is 14.5. The summed E-state index contributed by atoms with van der Waals surface area (Å²) in [7, 11) is 1.44. The molecule has 0 aliphatic heterocycles. The highest BCUT2D eigenvalue weighted by Crippen LogP contribution is 1.90. The molecule has 1 N–H and O–H groups in total. The zero-order valence-electron chi connectivity index (χ0n) is 3.52. The molecule has 38 valence electrons. The van der Waals surface area contributed by atoms with E-state index < -0.39 is 5.56 Å². The van der Waals surface area contributed by atoms with Crippen molar-refractivity contribution in [2.45, 2.75) is 5.56 Å². The van der Waals surface area contributed by atoms with Gasteiger partial charge in [-0.15, -0.1) is 0 Å². The summed E-state index contributed by atoms with van der Waals surface area (Å²) >= 11 is 5.18. The van der Waals surface area contributed by atoms with Crippen molar-refractivity contribution in [3.8, 4) is 0 Å². The van der Waals surface area contributed by atoms with Gasteiger partial charge >= 0.3 is 0 Å². The molecule has 0 aliphatic carbocycles. The van der Waals surface area contributed by atoms with Gasteiger partial charge in [0.25, 0.3) is 0 Å². The minimum Gasteiger partial charge on any atom is -0.392 e. The zero-order valence-corrected chi connectivity index (χ0v) is 4.27. The summed E-state index contributed by atoms with van der Waals surface area (Å²) in [5.74, 6) is 0. The van der Waals surface area contributed by atoms with Gasteiger partial charge in [-0.05, 0) is 0 Å². The van der Waals surface area contributed by atoms with Gasteiger partial charge in [0.2, 0.25) is 0 Å². The summed E-state index contributed by atoms with van der Waals surface area (Å²) in [6.07, 6.45) is 0. The molecule has 6 heavy (non-hydrogen) atoms. The Morgan fingerprint density at radius 2 is 2.50 bits per heavy atom. The SMILES string of the molecule is COC(Cl)CO. The number of hydrogen-bond donors (Lipinski definition) is 1. The van der Waals surface area contributed by atoms with Gasteiger partial charge in [0.15, 0.2) is 5.56 Å². The molecule has 0 amide bonds. The number of aliphatic hydroxyl groups is 1. The molecule has 0 bridgehead atoms. The number of hydrogen-bond acceptors (Lipinski definition) is 2. The molecule has 0 aliphatic rings. The van der Waals surface area contributed by atoms with Crippen molar-refractivity contribution in [2.24, 2.45) is 0 Å². The number of aliphatic hydroxyl groups excluding tert-OH is 1. The Balaban J connectivity index is 2.75. The molecule has 1 atom stereocenters. The van der Waals surface area contributed by atoms with Gasteiger partial charge in [0.05, 0.1) is 6.61 Å². The lowest BCUT2D eigenvalue weighted by Gasteiger charge is -1.97. The van der Waals surface area contributed by atoms with Crippen LogP contribution in [0.2, 0.25) is 0 Å². The van der Waals surface area contributed by atoms with Crippen LogP contribution in [0.5, 0.6) is 0 Å². The smallest absolute Gasteiger partial charge is 0.153 e. The molecule has 3 heteroatoms. The van der Waals surface area contributed by atoms with Crippen LogP contribution in [0.4, 0.5) is 0 Å². The molecule has 0 rings (SSSR count). The van der Waals surface area contributed by atoms with Crippen molar-refractivity contribution in [1.82, 2.24) is 0 Å². The van der Waals surface area contributed by atoms with Gasteiger partial charge in [-0.1, -0.05) is 11.6 Å². The Morgan fingerprint density at radius 1 is 2.00 bits per heavy atom. The summed E-state index contributed by atoms with van der Waals surface area (Å²) in [6.45, 7) is -0.127. The number of rotatable bonds is 2. The van der Waals surface area contributed by atoms with Gasteiger partial charge in [-0.25, -0.2) is 0 Å². The highest BCUT2D eigenvalue weighted by atomic mass is 35.5. The van der Waals surface area contributed by atoms with Crippen LogP contribution in [0.3, 0.4) is 0 Å². The second-order valence-electron chi connectivity index (χ2n) is 0.828. The third kappa shape index (κ3) is 2.45. The Hall–Kier alpha value is 0.210. The molecular weight excluding hydrogens is 103 g/mol. The van der Waals surface area contributed by atoms with Crippen molar-refractivity contribution in [3.63, 3.8) is 0 Å². The summed E-state index contributed by atoms with van der Waals surface area (Å²) < 4.78 is 4.41. The lowest BCUT2D eigenvalue weighted by Crippen LogP contribution is -2.05. The molecule has 0 aromatic heterocycles. The quantitative estimate of drug-likeness (QED) is 0.515. The van der Waals surface area contributed by atoms with Crippen LogP contribution in [0.15, 0.2) is 0 Å². The molecule has 0 aromatic rings. The molecule has 0 heterocycles. The fourth-order valence-corrected chi connectivity index (χ4v) is 0.0745. The van der Waals surface area contributed by atoms with Gasteiger partial charge in [-0.2, -0.15) is 0 Å². The molecule has 0 radical (unpaired) electrons. The first-order valence-corrected chi connectivity index (χ1v) is 2.02. The van der Waals surface area contributed by atoms with Gasteiger partial charge in [0, 0.05) is 7.11 Å². The first kappa shape index (κ1) is 6.21.